The summed E-state index contributed by atoms with van der Waals surface area (Å²) in [5, 5.41) is 9.62. The van der Waals surface area contributed by atoms with Gasteiger partial charge in [-0.2, -0.15) is 0 Å². The lowest BCUT2D eigenvalue weighted by molar-refractivity contribution is -0.887. The van der Waals surface area contributed by atoms with Gasteiger partial charge in [0, 0.05) is 19.3 Å². The van der Waals surface area contributed by atoms with Gasteiger partial charge in [0.1, 0.15) is 6.61 Å². The Morgan fingerprint density at radius 2 is 0.898 bits per heavy atom. The maximum atomic E-state index is 12.7. The molecule has 0 spiro atoms. The fourth-order valence-corrected chi connectivity index (χ4v) is 5.75. The molecule has 0 fully saturated rings. The molecular formula is C51H82NO7+. The molecule has 0 saturated heterocycles. The summed E-state index contributed by atoms with van der Waals surface area (Å²) in [7, 11) is 5.49. The van der Waals surface area contributed by atoms with Crippen LogP contribution in [0.2, 0.25) is 0 Å². The number of esters is 2. The summed E-state index contributed by atoms with van der Waals surface area (Å²) in [6, 6.07) is -0.633. The zero-order valence-corrected chi connectivity index (χ0v) is 37.7. The van der Waals surface area contributed by atoms with E-state index in [0.29, 0.717) is 19.3 Å². The number of hydrogen-bond acceptors (Lipinski definition) is 6. The minimum absolute atomic E-state index is 0.0280. The molecule has 1 N–H and O–H groups in total. The van der Waals surface area contributed by atoms with Crippen LogP contribution in [0.1, 0.15) is 142 Å². The fraction of sp³-hybridized carbons (Fsp3) is 0.588. The van der Waals surface area contributed by atoms with Gasteiger partial charge in [0.15, 0.2) is 12.1 Å². The number of hydrogen-bond donors (Lipinski definition) is 1. The first-order chi connectivity index (χ1) is 28.6. The van der Waals surface area contributed by atoms with Crippen LogP contribution < -0.4 is 0 Å². The molecule has 0 saturated carbocycles. The first kappa shape index (κ1) is 55.0. The van der Waals surface area contributed by atoms with Gasteiger partial charge in [-0.25, -0.2) is 4.79 Å². The van der Waals surface area contributed by atoms with Crippen LogP contribution in [0, 0.1) is 0 Å². The number of rotatable bonds is 38. The third-order valence-electron chi connectivity index (χ3n) is 9.17. The van der Waals surface area contributed by atoms with Crippen LogP contribution in [0.5, 0.6) is 0 Å². The van der Waals surface area contributed by atoms with Crippen molar-refractivity contribution in [2.24, 2.45) is 0 Å². The molecule has 0 aliphatic heterocycles. The van der Waals surface area contributed by atoms with E-state index in [0.717, 1.165) is 103 Å². The fourth-order valence-electron chi connectivity index (χ4n) is 5.75. The second-order valence-corrected chi connectivity index (χ2v) is 15.5. The Balaban J connectivity index is 4.48. The van der Waals surface area contributed by atoms with E-state index in [4.69, 9.17) is 14.2 Å². The molecule has 8 nitrogen and oxygen atoms in total. The topological polar surface area (TPSA) is 99.1 Å². The molecule has 0 aromatic rings. The van der Waals surface area contributed by atoms with Crippen LogP contribution in [0.3, 0.4) is 0 Å². The highest BCUT2D eigenvalue weighted by atomic mass is 16.6. The molecule has 2 atom stereocenters. The number of nitrogens with zero attached hydrogens (tertiary/aromatic N) is 1. The van der Waals surface area contributed by atoms with E-state index in [1.165, 1.54) is 0 Å². The lowest BCUT2D eigenvalue weighted by atomic mass is 10.1. The number of carboxylic acid groups (broad SMARTS) is 1. The number of likely N-dealkylation sites (N-methyl/N-ethyl adjacent to an activating group) is 1. The van der Waals surface area contributed by atoms with E-state index in [2.05, 4.69) is 123 Å². The number of ether oxygens (including phenoxy) is 3. The predicted octanol–water partition coefficient (Wildman–Crippen LogP) is 12.5. The van der Waals surface area contributed by atoms with E-state index < -0.39 is 18.1 Å². The third-order valence-corrected chi connectivity index (χ3v) is 9.17. The first-order valence-corrected chi connectivity index (χ1v) is 22.4. The van der Waals surface area contributed by atoms with Gasteiger partial charge in [-0.1, -0.05) is 136 Å². The van der Waals surface area contributed by atoms with Crippen molar-refractivity contribution in [2.45, 2.75) is 154 Å². The molecule has 0 bridgehead atoms. The summed E-state index contributed by atoms with van der Waals surface area (Å²) >= 11 is 0. The van der Waals surface area contributed by atoms with Crippen molar-refractivity contribution in [3.8, 4) is 0 Å². The maximum absolute atomic E-state index is 12.7. The Labute approximate surface area is 359 Å². The highest BCUT2D eigenvalue weighted by Gasteiger charge is 2.31. The quantitative estimate of drug-likeness (QED) is 0.0287. The second-order valence-electron chi connectivity index (χ2n) is 15.5. The smallest absolute Gasteiger partial charge is 0.362 e. The molecule has 0 rings (SSSR count). The summed E-state index contributed by atoms with van der Waals surface area (Å²) < 4.78 is 17.2. The maximum Gasteiger partial charge on any atom is 0.362 e. The van der Waals surface area contributed by atoms with Crippen molar-refractivity contribution < 1.29 is 38.2 Å². The van der Waals surface area contributed by atoms with Crippen LogP contribution in [0.4, 0.5) is 0 Å². The summed E-state index contributed by atoms with van der Waals surface area (Å²) in [6.45, 7) is 4.41. The molecule has 0 aliphatic carbocycles. The van der Waals surface area contributed by atoms with Gasteiger partial charge in [0.05, 0.1) is 34.4 Å². The van der Waals surface area contributed by atoms with Crippen molar-refractivity contribution in [3.05, 3.63) is 109 Å². The van der Waals surface area contributed by atoms with Gasteiger partial charge in [-0.3, -0.25) is 9.59 Å². The van der Waals surface area contributed by atoms with E-state index in [-0.39, 0.29) is 42.7 Å². The van der Waals surface area contributed by atoms with Gasteiger partial charge < -0.3 is 23.8 Å². The summed E-state index contributed by atoms with van der Waals surface area (Å²) in [6.07, 6.45) is 55.7. The van der Waals surface area contributed by atoms with Crippen molar-refractivity contribution >= 4 is 17.9 Å². The second kappa shape index (κ2) is 40.8. The van der Waals surface area contributed by atoms with Gasteiger partial charge in [-0.15, -0.1) is 0 Å². The molecule has 0 aliphatic rings. The molecule has 2 unspecified atom stereocenters. The Morgan fingerprint density at radius 3 is 1.34 bits per heavy atom. The molecule has 0 radical (unpaired) electrons. The zero-order valence-electron chi connectivity index (χ0n) is 37.7. The van der Waals surface area contributed by atoms with Crippen molar-refractivity contribution in [3.63, 3.8) is 0 Å². The standard InChI is InChI=1S/C51H81NO7/c1-6-8-10-12-14-16-18-20-22-23-24-25-26-27-28-30-32-34-36-38-40-42-50(54)59-47(45-57-44-43-48(51(55)56)52(3,4)5)46-58-49(53)41-39-37-35-33-31-29-21-19-17-15-13-11-9-7-2/h8-11,14-17,20-22,24-25,27-29,32,34,47-48H,6-7,12-13,18-19,23,26,30-31,33,35-46H2,1-5H3/p+1/b10-8+,11-9+,16-14+,17-15+,22-20+,25-24+,28-27+,29-21+,34-32+. The van der Waals surface area contributed by atoms with E-state index >= 15 is 0 Å². The molecule has 0 amide bonds. The largest absolute Gasteiger partial charge is 0.477 e. The van der Waals surface area contributed by atoms with Gasteiger partial charge >= 0.3 is 17.9 Å². The van der Waals surface area contributed by atoms with Crippen molar-refractivity contribution in [2.75, 3.05) is 41.0 Å². The summed E-state index contributed by atoms with van der Waals surface area (Å²) in [5.41, 5.74) is 0. The SMILES string of the molecule is CC/C=C/C/C=C/C/C=C/C/C=C/C/C=C/C/C=C/CCCCC(=O)OC(COCCC(C(=O)O)[N+](C)(C)C)COC(=O)CCCCCC/C=C/C/C=C/C/C=C/CC. The molecule has 8 heteroatoms. The zero-order chi connectivity index (χ0) is 43.5. The number of aliphatic carboxylic acids is 1. The number of carbonyl (C=O) groups is 3. The number of unbranched alkanes of at least 4 members (excludes halogenated alkanes) is 6. The Bertz CT molecular complexity index is 1330. The minimum atomic E-state index is -0.891. The normalized spacial score (nSPS) is 14.0. The van der Waals surface area contributed by atoms with Crippen LogP contribution in [-0.4, -0.2) is 80.6 Å². The molecule has 0 heterocycles. The van der Waals surface area contributed by atoms with E-state index in [1.54, 1.807) is 0 Å². The van der Waals surface area contributed by atoms with Crippen LogP contribution in [-0.2, 0) is 28.6 Å². The lowest BCUT2D eigenvalue weighted by Crippen LogP contribution is -2.50. The van der Waals surface area contributed by atoms with Crippen LogP contribution in [0.15, 0.2) is 109 Å². The molecule has 0 aromatic carbocycles. The number of carbonyl (C=O) groups excluding carboxylic acids is 2. The molecular weight excluding hydrogens is 739 g/mol. The van der Waals surface area contributed by atoms with E-state index in [1.807, 2.05) is 21.1 Å². The van der Waals surface area contributed by atoms with Gasteiger partial charge in [0.2, 0.25) is 0 Å². The predicted molar refractivity (Wildman–Crippen MR) is 247 cm³/mol. The highest BCUT2D eigenvalue weighted by molar-refractivity contribution is 5.72. The summed E-state index contributed by atoms with van der Waals surface area (Å²) in [5.74, 6) is -1.57. The number of allylic oxidation sites excluding steroid dienone is 18. The van der Waals surface area contributed by atoms with E-state index in [9.17, 15) is 19.5 Å². The minimum Gasteiger partial charge on any atom is -0.477 e. The number of carboxylic acids is 1. The Kier molecular flexibility index (Phi) is 38.0. The Hall–Kier alpha value is -4.01. The van der Waals surface area contributed by atoms with Gasteiger partial charge in [-0.05, 0) is 96.3 Å². The highest BCUT2D eigenvalue weighted by Crippen LogP contribution is 2.11. The van der Waals surface area contributed by atoms with Crippen LogP contribution in [0.25, 0.3) is 0 Å². The van der Waals surface area contributed by atoms with Crippen molar-refractivity contribution in [1.82, 2.24) is 0 Å². The molecule has 0 aromatic heterocycles. The lowest BCUT2D eigenvalue weighted by Gasteiger charge is -2.31. The van der Waals surface area contributed by atoms with Crippen LogP contribution >= 0.6 is 0 Å². The summed E-state index contributed by atoms with van der Waals surface area (Å²) in [4.78, 5) is 37.0. The third kappa shape index (κ3) is 39.2. The van der Waals surface area contributed by atoms with Crippen molar-refractivity contribution in [1.29, 1.82) is 0 Å². The molecule has 332 valence electrons. The Morgan fingerprint density at radius 1 is 0.508 bits per heavy atom. The van der Waals surface area contributed by atoms with Gasteiger partial charge in [0.25, 0.3) is 0 Å². The average molecular weight is 821 g/mol. The molecule has 59 heavy (non-hydrogen) atoms. The number of quaternary nitrogens is 1. The first-order valence-electron chi connectivity index (χ1n) is 22.4. The average Bonchev–Trinajstić information content (AvgIpc) is 3.19. The monoisotopic (exact) mass is 821 g/mol.